The monoisotopic (exact) mass is 403 g/mol. The van der Waals surface area contributed by atoms with Gasteiger partial charge in [0.15, 0.2) is 4.96 Å². The Morgan fingerprint density at radius 1 is 1.23 bits per heavy atom. The van der Waals surface area contributed by atoms with E-state index >= 15 is 0 Å². The Hall–Kier alpha value is -1.73. The molecule has 0 aliphatic carbocycles. The molecule has 1 N–H and O–H groups in total. The topological polar surface area (TPSA) is 38.6 Å². The van der Waals surface area contributed by atoms with Crippen LogP contribution < -0.4 is 5.32 Å². The van der Waals surface area contributed by atoms with Crippen molar-refractivity contribution < 1.29 is 4.74 Å². The van der Waals surface area contributed by atoms with E-state index in [0.717, 1.165) is 37.3 Å². The molecule has 0 aliphatic heterocycles. The third-order valence-corrected chi connectivity index (χ3v) is 6.15. The lowest BCUT2D eigenvalue weighted by atomic mass is 10.1. The Morgan fingerprint density at radius 2 is 2.04 bits per heavy atom. The number of halogens is 1. The van der Waals surface area contributed by atoms with Crippen molar-refractivity contribution in [2.24, 2.45) is 0 Å². The minimum Gasteiger partial charge on any atom is -0.383 e. The second kappa shape index (κ2) is 7.48. The van der Waals surface area contributed by atoms with Crippen LogP contribution in [-0.4, -0.2) is 35.9 Å². The second-order valence-electron chi connectivity index (χ2n) is 5.79. The van der Waals surface area contributed by atoms with E-state index in [4.69, 9.17) is 21.3 Å². The summed E-state index contributed by atoms with van der Waals surface area (Å²) in [6, 6.07) is 14.5. The Balaban J connectivity index is 1.88. The van der Waals surface area contributed by atoms with Gasteiger partial charge in [0.25, 0.3) is 0 Å². The van der Waals surface area contributed by atoms with Crippen molar-refractivity contribution in [2.75, 3.05) is 31.8 Å². The molecule has 4 aromatic rings. The number of benzene rings is 2. The summed E-state index contributed by atoms with van der Waals surface area (Å²) in [5.74, 6) is 0.988. The number of thiazole rings is 1. The highest BCUT2D eigenvalue weighted by Crippen LogP contribution is 2.37. The first-order valence-electron chi connectivity index (χ1n) is 8.19. The van der Waals surface area contributed by atoms with Gasteiger partial charge < -0.3 is 10.1 Å². The van der Waals surface area contributed by atoms with E-state index in [2.05, 4.69) is 40.2 Å². The van der Waals surface area contributed by atoms with Crippen molar-refractivity contribution in [3.63, 3.8) is 0 Å². The SMILES string of the molecule is COCCNc1c(-c2ccc(SC)cc2)nc2sc3cc(Cl)ccc3n12. The molecule has 4 nitrogen and oxygen atoms in total. The van der Waals surface area contributed by atoms with Crippen LogP contribution in [0.2, 0.25) is 5.02 Å². The minimum absolute atomic E-state index is 0.631. The summed E-state index contributed by atoms with van der Waals surface area (Å²) in [5, 5.41) is 4.24. The van der Waals surface area contributed by atoms with Gasteiger partial charge in [-0.2, -0.15) is 0 Å². The lowest BCUT2D eigenvalue weighted by molar-refractivity contribution is 0.210. The summed E-state index contributed by atoms with van der Waals surface area (Å²) in [4.78, 5) is 7.10. The van der Waals surface area contributed by atoms with Gasteiger partial charge in [-0.05, 0) is 36.6 Å². The number of aromatic nitrogens is 2. The van der Waals surface area contributed by atoms with E-state index < -0.39 is 0 Å². The molecule has 2 aromatic heterocycles. The van der Waals surface area contributed by atoms with Gasteiger partial charge in [0.1, 0.15) is 11.5 Å². The molecular weight excluding hydrogens is 386 g/mol. The van der Waals surface area contributed by atoms with Crippen LogP contribution in [0.1, 0.15) is 0 Å². The van der Waals surface area contributed by atoms with Crippen molar-refractivity contribution in [3.05, 3.63) is 47.5 Å². The van der Waals surface area contributed by atoms with Crippen LogP contribution in [0.15, 0.2) is 47.4 Å². The fourth-order valence-electron chi connectivity index (χ4n) is 2.93. The minimum atomic E-state index is 0.631. The van der Waals surface area contributed by atoms with E-state index in [1.807, 2.05) is 18.2 Å². The predicted octanol–water partition coefficient (Wildman–Crippen LogP) is 5.65. The number of thioether (sulfide) groups is 1. The normalized spacial score (nSPS) is 11.5. The van der Waals surface area contributed by atoms with Gasteiger partial charge in [0.2, 0.25) is 0 Å². The van der Waals surface area contributed by atoms with Crippen molar-refractivity contribution >= 4 is 55.7 Å². The summed E-state index contributed by atoms with van der Waals surface area (Å²) in [6.45, 7) is 1.34. The first-order valence-corrected chi connectivity index (χ1v) is 10.6. The molecule has 0 radical (unpaired) electrons. The first-order chi connectivity index (χ1) is 12.7. The zero-order valence-electron chi connectivity index (χ0n) is 14.5. The zero-order valence-corrected chi connectivity index (χ0v) is 16.8. The largest absolute Gasteiger partial charge is 0.383 e. The second-order valence-corrected chi connectivity index (χ2v) is 8.11. The van der Waals surface area contributed by atoms with E-state index in [1.165, 1.54) is 4.90 Å². The van der Waals surface area contributed by atoms with E-state index in [-0.39, 0.29) is 0 Å². The molecule has 0 amide bonds. The Bertz CT molecular complexity index is 1060. The summed E-state index contributed by atoms with van der Waals surface area (Å²) >= 11 is 9.53. The lowest BCUT2D eigenvalue weighted by Crippen LogP contribution is -2.10. The lowest BCUT2D eigenvalue weighted by Gasteiger charge is -2.09. The summed E-state index contributed by atoms with van der Waals surface area (Å²) in [6.07, 6.45) is 2.08. The molecule has 2 aromatic carbocycles. The van der Waals surface area contributed by atoms with Crippen LogP contribution in [0.4, 0.5) is 5.82 Å². The molecule has 0 bridgehead atoms. The average molecular weight is 404 g/mol. The maximum atomic E-state index is 6.15. The summed E-state index contributed by atoms with van der Waals surface area (Å²) in [5.41, 5.74) is 3.16. The van der Waals surface area contributed by atoms with Crippen LogP contribution in [-0.2, 0) is 4.74 Å². The zero-order chi connectivity index (χ0) is 18.1. The number of nitrogens with zero attached hydrogens (tertiary/aromatic N) is 2. The Morgan fingerprint density at radius 3 is 2.77 bits per heavy atom. The van der Waals surface area contributed by atoms with Crippen LogP contribution in [0.3, 0.4) is 0 Å². The molecule has 0 aliphatic rings. The molecular formula is C19H18ClN3OS2. The molecule has 0 saturated heterocycles. The average Bonchev–Trinajstić information content (AvgIpc) is 3.18. The van der Waals surface area contributed by atoms with E-state index in [0.29, 0.717) is 13.2 Å². The smallest absolute Gasteiger partial charge is 0.197 e. The number of hydrogen-bond acceptors (Lipinski definition) is 5. The number of fused-ring (bicyclic) bond motifs is 3. The number of ether oxygens (including phenoxy) is 1. The quantitative estimate of drug-likeness (QED) is 0.333. The maximum absolute atomic E-state index is 6.15. The molecule has 7 heteroatoms. The van der Waals surface area contributed by atoms with Gasteiger partial charge in [-0.3, -0.25) is 4.40 Å². The fourth-order valence-corrected chi connectivity index (χ4v) is 4.64. The number of anilines is 1. The van der Waals surface area contributed by atoms with Crippen LogP contribution in [0.5, 0.6) is 0 Å². The van der Waals surface area contributed by atoms with Crippen LogP contribution in [0, 0.1) is 0 Å². The Kier molecular flexibility index (Phi) is 5.09. The van der Waals surface area contributed by atoms with Gasteiger partial charge in [-0.25, -0.2) is 4.98 Å². The number of imidazole rings is 1. The maximum Gasteiger partial charge on any atom is 0.197 e. The molecule has 26 heavy (non-hydrogen) atoms. The van der Waals surface area contributed by atoms with Crippen LogP contribution in [0.25, 0.3) is 26.4 Å². The molecule has 0 fully saturated rings. The molecule has 134 valence electrons. The van der Waals surface area contributed by atoms with Gasteiger partial charge in [0.05, 0.1) is 16.8 Å². The third-order valence-electron chi connectivity index (χ3n) is 4.17. The molecule has 0 atom stereocenters. The molecule has 0 unspecified atom stereocenters. The number of nitrogens with one attached hydrogen (secondary N) is 1. The fraction of sp³-hybridized carbons (Fsp3) is 0.211. The number of rotatable bonds is 6. The van der Waals surface area contributed by atoms with Gasteiger partial charge in [0, 0.05) is 29.1 Å². The molecule has 0 saturated carbocycles. The number of methoxy groups -OCH3 is 1. The van der Waals surface area contributed by atoms with Crippen molar-refractivity contribution in [1.29, 1.82) is 0 Å². The number of hydrogen-bond donors (Lipinski definition) is 1. The third kappa shape index (κ3) is 3.18. The van der Waals surface area contributed by atoms with Crippen LogP contribution >= 0.6 is 34.7 Å². The standard InChI is InChI=1S/C19H18ClN3OS2/c1-24-10-9-21-18-17(12-3-6-14(25-2)7-4-12)22-19-23(18)15-8-5-13(20)11-16(15)26-19/h3-8,11,21H,9-10H2,1-2H3. The van der Waals surface area contributed by atoms with Crippen molar-refractivity contribution in [1.82, 2.24) is 9.38 Å². The van der Waals surface area contributed by atoms with E-state index in [1.54, 1.807) is 30.2 Å². The highest BCUT2D eigenvalue weighted by atomic mass is 35.5. The summed E-state index contributed by atoms with van der Waals surface area (Å²) in [7, 11) is 1.71. The van der Waals surface area contributed by atoms with E-state index in [9.17, 15) is 0 Å². The highest BCUT2D eigenvalue weighted by molar-refractivity contribution is 7.98. The van der Waals surface area contributed by atoms with Crippen molar-refractivity contribution in [3.8, 4) is 11.3 Å². The molecule has 2 heterocycles. The van der Waals surface area contributed by atoms with Gasteiger partial charge in [-0.15, -0.1) is 11.8 Å². The Labute approximate surface area is 165 Å². The van der Waals surface area contributed by atoms with Crippen molar-refractivity contribution in [2.45, 2.75) is 4.90 Å². The summed E-state index contributed by atoms with van der Waals surface area (Å²) < 4.78 is 8.50. The molecule has 0 spiro atoms. The van der Waals surface area contributed by atoms with Gasteiger partial charge >= 0.3 is 0 Å². The first kappa shape index (κ1) is 17.7. The molecule has 4 rings (SSSR count). The predicted molar refractivity (Wildman–Crippen MR) is 113 cm³/mol. The highest BCUT2D eigenvalue weighted by Gasteiger charge is 2.18. The van der Waals surface area contributed by atoms with Gasteiger partial charge in [-0.1, -0.05) is 35.1 Å².